The Hall–Kier alpha value is -0.670. The van der Waals surface area contributed by atoms with E-state index in [0.29, 0.717) is 0 Å². The van der Waals surface area contributed by atoms with E-state index in [9.17, 15) is 5.11 Å². The molecule has 1 aromatic rings. The van der Waals surface area contributed by atoms with Crippen molar-refractivity contribution in [1.29, 1.82) is 0 Å². The summed E-state index contributed by atoms with van der Waals surface area (Å²) in [6.07, 6.45) is -0.294. The van der Waals surface area contributed by atoms with E-state index < -0.39 is 0 Å². The number of hydrogen-bond donors (Lipinski definition) is 2. The number of thioether (sulfide) groups is 1. The second kappa shape index (κ2) is 4.71. The van der Waals surface area contributed by atoms with E-state index in [0.717, 1.165) is 5.69 Å². The van der Waals surface area contributed by atoms with Crippen molar-refractivity contribution in [1.82, 2.24) is 0 Å². The fourth-order valence-corrected chi connectivity index (χ4v) is 2.09. The average molecular weight is 211 g/mol. The van der Waals surface area contributed by atoms with E-state index in [2.05, 4.69) is 0 Å². The van der Waals surface area contributed by atoms with Gasteiger partial charge in [-0.15, -0.1) is 11.8 Å². The third-order valence-electron chi connectivity index (χ3n) is 2.19. The summed E-state index contributed by atoms with van der Waals surface area (Å²) in [5.74, 6) is 0. The summed E-state index contributed by atoms with van der Waals surface area (Å²) in [4.78, 5) is 1.19. The zero-order valence-corrected chi connectivity index (χ0v) is 9.64. The fourth-order valence-electron chi connectivity index (χ4n) is 1.10. The first kappa shape index (κ1) is 11.4. The molecule has 0 aliphatic rings. The van der Waals surface area contributed by atoms with E-state index in [4.69, 9.17) is 5.73 Å². The standard InChI is InChI=1S/C11H17NOS/c1-7-6-10(12)4-5-11(7)14-9(3)8(2)13/h4-6,8-9,13H,12H2,1-3H3. The van der Waals surface area contributed by atoms with Crippen LogP contribution in [-0.2, 0) is 0 Å². The molecule has 1 aromatic carbocycles. The summed E-state index contributed by atoms with van der Waals surface area (Å²) < 4.78 is 0. The smallest absolute Gasteiger partial charge is 0.0631 e. The van der Waals surface area contributed by atoms with Crippen molar-refractivity contribution in [3.05, 3.63) is 23.8 Å². The van der Waals surface area contributed by atoms with Crippen molar-refractivity contribution in [2.24, 2.45) is 0 Å². The lowest BCUT2D eigenvalue weighted by Gasteiger charge is -2.15. The molecular formula is C11H17NOS. The van der Waals surface area contributed by atoms with Gasteiger partial charge in [0.05, 0.1) is 6.10 Å². The Balaban J connectivity index is 2.77. The Morgan fingerprint density at radius 2 is 2.00 bits per heavy atom. The lowest BCUT2D eigenvalue weighted by molar-refractivity contribution is 0.196. The van der Waals surface area contributed by atoms with E-state index in [1.54, 1.807) is 11.8 Å². The number of anilines is 1. The maximum absolute atomic E-state index is 9.38. The molecule has 14 heavy (non-hydrogen) atoms. The van der Waals surface area contributed by atoms with Gasteiger partial charge in [-0.25, -0.2) is 0 Å². The number of hydrogen-bond acceptors (Lipinski definition) is 3. The van der Waals surface area contributed by atoms with Crippen molar-refractivity contribution in [3.8, 4) is 0 Å². The molecule has 0 fully saturated rings. The maximum Gasteiger partial charge on any atom is 0.0631 e. The van der Waals surface area contributed by atoms with Crippen LogP contribution in [0, 0.1) is 6.92 Å². The minimum absolute atomic E-state index is 0.206. The van der Waals surface area contributed by atoms with Gasteiger partial charge in [0.15, 0.2) is 0 Å². The molecule has 0 amide bonds. The number of benzene rings is 1. The first-order valence-corrected chi connectivity index (χ1v) is 5.59. The van der Waals surface area contributed by atoms with Crippen LogP contribution in [0.5, 0.6) is 0 Å². The predicted octanol–water partition coefficient (Wildman–Crippen LogP) is 2.44. The number of nitrogens with two attached hydrogens (primary N) is 1. The van der Waals surface area contributed by atoms with Crippen LogP contribution in [-0.4, -0.2) is 16.5 Å². The molecule has 0 bridgehead atoms. The lowest BCUT2D eigenvalue weighted by Crippen LogP contribution is -2.15. The summed E-state index contributed by atoms with van der Waals surface area (Å²) in [6.45, 7) is 5.86. The highest BCUT2D eigenvalue weighted by atomic mass is 32.2. The molecule has 0 spiro atoms. The van der Waals surface area contributed by atoms with Gasteiger partial charge in [0.25, 0.3) is 0 Å². The number of aliphatic hydroxyl groups excluding tert-OH is 1. The third-order valence-corrected chi connectivity index (χ3v) is 3.67. The van der Waals surface area contributed by atoms with Gasteiger partial charge in [0.2, 0.25) is 0 Å². The molecule has 2 unspecified atom stereocenters. The van der Waals surface area contributed by atoms with Gasteiger partial charge in [-0.1, -0.05) is 6.92 Å². The fraction of sp³-hybridized carbons (Fsp3) is 0.455. The molecule has 0 aliphatic heterocycles. The molecule has 0 aliphatic carbocycles. The molecule has 2 nitrogen and oxygen atoms in total. The summed E-state index contributed by atoms with van der Waals surface area (Å²) in [5, 5.41) is 9.59. The van der Waals surface area contributed by atoms with Gasteiger partial charge in [-0.05, 0) is 37.6 Å². The molecule has 3 N–H and O–H groups in total. The summed E-state index contributed by atoms with van der Waals surface area (Å²) >= 11 is 1.68. The van der Waals surface area contributed by atoms with E-state index >= 15 is 0 Å². The normalized spacial score (nSPS) is 15.1. The van der Waals surface area contributed by atoms with Crippen molar-refractivity contribution in [2.45, 2.75) is 37.0 Å². The van der Waals surface area contributed by atoms with Crippen molar-refractivity contribution in [3.63, 3.8) is 0 Å². The Bertz CT molecular complexity index is 312. The first-order valence-electron chi connectivity index (χ1n) is 4.71. The van der Waals surface area contributed by atoms with Gasteiger partial charge in [-0.2, -0.15) is 0 Å². The highest BCUT2D eigenvalue weighted by Crippen LogP contribution is 2.29. The van der Waals surface area contributed by atoms with Crippen LogP contribution in [0.2, 0.25) is 0 Å². The van der Waals surface area contributed by atoms with Crippen molar-refractivity contribution < 1.29 is 5.11 Å². The topological polar surface area (TPSA) is 46.2 Å². The number of nitrogen functional groups attached to an aromatic ring is 1. The number of aryl methyl sites for hydroxylation is 1. The van der Waals surface area contributed by atoms with E-state index in [1.807, 2.05) is 39.0 Å². The minimum atomic E-state index is -0.294. The maximum atomic E-state index is 9.38. The Kier molecular flexibility index (Phi) is 3.84. The van der Waals surface area contributed by atoms with E-state index in [-0.39, 0.29) is 11.4 Å². The van der Waals surface area contributed by atoms with Gasteiger partial charge in [0, 0.05) is 15.8 Å². The zero-order valence-electron chi connectivity index (χ0n) is 8.82. The molecule has 0 heterocycles. The second-order valence-electron chi connectivity index (χ2n) is 3.59. The Morgan fingerprint density at radius 3 is 2.50 bits per heavy atom. The van der Waals surface area contributed by atoms with Crippen molar-refractivity contribution >= 4 is 17.4 Å². The van der Waals surface area contributed by atoms with Crippen molar-refractivity contribution in [2.75, 3.05) is 5.73 Å². The zero-order chi connectivity index (χ0) is 10.7. The molecular weight excluding hydrogens is 194 g/mol. The van der Waals surface area contributed by atoms with Gasteiger partial charge < -0.3 is 10.8 Å². The van der Waals surface area contributed by atoms with Gasteiger partial charge in [0.1, 0.15) is 0 Å². The predicted molar refractivity (Wildman–Crippen MR) is 62.6 cm³/mol. The molecule has 0 radical (unpaired) electrons. The van der Waals surface area contributed by atoms with Crippen LogP contribution in [0.15, 0.2) is 23.1 Å². The highest BCUT2D eigenvalue weighted by Gasteiger charge is 2.11. The average Bonchev–Trinajstić information content (AvgIpc) is 2.09. The third kappa shape index (κ3) is 2.93. The molecule has 0 saturated carbocycles. The number of aliphatic hydroxyl groups is 1. The largest absolute Gasteiger partial charge is 0.399 e. The molecule has 0 saturated heterocycles. The van der Waals surface area contributed by atoms with Gasteiger partial charge in [-0.3, -0.25) is 0 Å². The SMILES string of the molecule is Cc1cc(N)ccc1SC(C)C(C)O. The van der Waals surface area contributed by atoms with Crippen LogP contribution < -0.4 is 5.73 Å². The molecule has 78 valence electrons. The van der Waals surface area contributed by atoms with Crippen LogP contribution >= 0.6 is 11.8 Å². The summed E-state index contributed by atoms with van der Waals surface area (Å²) in [6, 6.07) is 5.86. The molecule has 0 aromatic heterocycles. The van der Waals surface area contributed by atoms with E-state index in [1.165, 1.54) is 10.5 Å². The Morgan fingerprint density at radius 1 is 1.36 bits per heavy atom. The minimum Gasteiger partial charge on any atom is -0.399 e. The summed E-state index contributed by atoms with van der Waals surface area (Å²) in [5.41, 5.74) is 7.62. The highest BCUT2D eigenvalue weighted by molar-refractivity contribution is 8.00. The second-order valence-corrected chi connectivity index (χ2v) is 5.01. The molecule has 1 rings (SSSR count). The van der Waals surface area contributed by atoms with Crippen LogP contribution in [0.25, 0.3) is 0 Å². The quantitative estimate of drug-likeness (QED) is 0.596. The van der Waals surface area contributed by atoms with Gasteiger partial charge >= 0.3 is 0 Å². The summed E-state index contributed by atoms with van der Waals surface area (Å²) in [7, 11) is 0. The Labute approximate surface area is 89.5 Å². The van der Waals surface area contributed by atoms with Crippen LogP contribution in [0.3, 0.4) is 0 Å². The number of rotatable bonds is 3. The van der Waals surface area contributed by atoms with Crippen LogP contribution in [0.1, 0.15) is 19.4 Å². The van der Waals surface area contributed by atoms with Crippen LogP contribution in [0.4, 0.5) is 5.69 Å². The molecule has 3 heteroatoms. The molecule has 2 atom stereocenters. The first-order chi connectivity index (χ1) is 6.50. The monoisotopic (exact) mass is 211 g/mol. The lowest BCUT2D eigenvalue weighted by atomic mass is 10.2.